The molecule has 0 aromatic heterocycles. The first-order valence-electron chi connectivity index (χ1n) is 16.8. The fourth-order valence-electron chi connectivity index (χ4n) is 8.59. The summed E-state index contributed by atoms with van der Waals surface area (Å²) in [6, 6.07) is 17.8. The quantitative estimate of drug-likeness (QED) is 0.167. The Balaban J connectivity index is 0.000000530. The van der Waals surface area contributed by atoms with E-state index in [2.05, 4.69) is 25.1 Å². The molecule has 0 saturated heterocycles. The second-order valence-corrected chi connectivity index (χ2v) is 18.9. The van der Waals surface area contributed by atoms with Gasteiger partial charge in [-0.25, -0.2) is 24.3 Å². The zero-order valence-electron chi connectivity index (χ0n) is 24.9. The molecule has 2 aromatic rings. The molecule has 0 heterocycles. The summed E-state index contributed by atoms with van der Waals surface area (Å²) in [5.41, 5.74) is 6.96. The normalized spacial score (nSPS) is 23.3. The van der Waals surface area contributed by atoms with E-state index in [9.17, 15) is 0 Å². The summed E-state index contributed by atoms with van der Waals surface area (Å²) in [7, 11) is 0.168. The monoisotopic (exact) mass is 606 g/mol. The van der Waals surface area contributed by atoms with E-state index in [-0.39, 0.29) is 32.9 Å². The summed E-state index contributed by atoms with van der Waals surface area (Å²) in [6.45, 7) is 2.73. The van der Waals surface area contributed by atoms with E-state index < -0.39 is 0 Å². The molecule has 0 radical (unpaired) electrons. The Kier molecular flexibility index (Phi) is 14.2. The van der Waals surface area contributed by atoms with E-state index in [0.717, 1.165) is 28.3 Å². The van der Waals surface area contributed by atoms with Crippen LogP contribution in [0.25, 0.3) is 0 Å². The number of hydrogen-bond donors (Lipinski definition) is 0. The Morgan fingerprint density at radius 1 is 0.615 bits per heavy atom. The molecule has 2 aromatic carbocycles. The molecule has 0 N–H and O–H groups in total. The van der Waals surface area contributed by atoms with Crippen molar-refractivity contribution in [3.8, 4) is 0 Å². The molecule has 0 amide bonds. The van der Waals surface area contributed by atoms with Crippen molar-refractivity contribution in [3.63, 3.8) is 0 Å². The molecule has 0 unspecified atom stereocenters. The first kappa shape index (κ1) is 32.0. The Labute approximate surface area is 255 Å². The van der Waals surface area contributed by atoms with Crippen LogP contribution in [0.3, 0.4) is 0 Å². The van der Waals surface area contributed by atoms with Crippen molar-refractivity contribution < 1.29 is 17.1 Å². The van der Waals surface area contributed by atoms with E-state index in [1.54, 1.807) is 51.4 Å². The van der Waals surface area contributed by atoms with E-state index in [4.69, 9.17) is 0 Å². The van der Waals surface area contributed by atoms with Crippen LogP contribution in [0.2, 0.25) is 0 Å². The Morgan fingerprint density at radius 2 is 1.03 bits per heavy atom. The van der Waals surface area contributed by atoms with Gasteiger partial charge >= 0.3 is 17.1 Å². The van der Waals surface area contributed by atoms with Crippen LogP contribution in [-0.4, -0.2) is 22.6 Å². The molecular weight excluding hydrogens is 550 g/mol. The second-order valence-electron chi connectivity index (χ2n) is 13.0. The van der Waals surface area contributed by atoms with Crippen LogP contribution < -0.4 is 5.30 Å². The first-order chi connectivity index (χ1) is 18.8. The molecule has 4 fully saturated rings. The van der Waals surface area contributed by atoms with Crippen LogP contribution in [-0.2, 0) is 17.1 Å². The van der Waals surface area contributed by atoms with Crippen molar-refractivity contribution in [1.29, 1.82) is 0 Å². The van der Waals surface area contributed by atoms with Crippen molar-refractivity contribution in [1.82, 2.24) is 0 Å². The van der Waals surface area contributed by atoms with E-state index in [1.165, 1.54) is 77.0 Å². The second kappa shape index (κ2) is 17.3. The summed E-state index contributed by atoms with van der Waals surface area (Å²) >= 11 is 0. The average molecular weight is 607 g/mol. The Hall–Kier alpha value is 0.0795. The molecule has 4 saturated carbocycles. The van der Waals surface area contributed by atoms with Crippen LogP contribution in [0.4, 0.5) is 0 Å². The van der Waals surface area contributed by atoms with Crippen molar-refractivity contribution >= 4 is 21.1 Å². The van der Waals surface area contributed by atoms with Gasteiger partial charge in [0.05, 0.1) is 0 Å². The van der Waals surface area contributed by atoms with Gasteiger partial charge in [0.1, 0.15) is 0 Å². The molecule has 3 heteroatoms. The van der Waals surface area contributed by atoms with E-state index in [1.807, 2.05) is 41.2 Å². The minimum atomic E-state index is 0. The SMILES string of the molecule is C[C@H](c1ccc[c-]1P(C1CCCCC1)C1CCCCC1)P(C1CCCCC1)C1CCCCC1.[Fe+2].c1cc[cH-]c1. The molecule has 39 heavy (non-hydrogen) atoms. The largest absolute Gasteiger partial charge is 2.00 e. The standard InChI is InChI=1S/C31H51P2.C5H5.Fe/c1-25(32(26-15-6-2-7-16-26)27-17-8-3-9-18-27)30-23-14-24-31(30)33(28-19-10-4-11-20-28)29-21-12-5-13-22-29;1-2-4-5-3-1;/h14,23-29H,2-13,15-22H2,1H3;1-5H;/q2*-1;+2/t25-;;/m1../s1. The third kappa shape index (κ3) is 8.79. The zero-order chi connectivity index (χ0) is 26.0. The molecular formula is C36H56FeP2. The van der Waals surface area contributed by atoms with Crippen LogP contribution in [0.5, 0.6) is 0 Å². The zero-order valence-corrected chi connectivity index (χ0v) is 27.8. The van der Waals surface area contributed by atoms with Crippen molar-refractivity contribution in [3.05, 3.63) is 54.1 Å². The van der Waals surface area contributed by atoms with E-state index in [0.29, 0.717) is 0 Å². The maximum Gasteiger partial charge on any atom is 2.00 e. The van der Waals surface area contributed by atoms with Gasteiger partial charge in [-0.1, -0.05) is 91.9 Å². The van der Waals surface area contributed by atoms with Crippen molar-refractivity contribution in [2.45, 2.75) is 164 Å². The van der Waals surface area contributed by atoms with Gasteiger partial charge in [-0.05, 0) is 79.7 Å². The molecule has 0 aliphatic heterocycles. The maximum atomic E-state index is 2.73. The van der Waals surface area contributed by atoms with Gasteiger partial charge in [0, 0.05) is 0 Å². The molecule has 4 aliphatic rings. The fourth-order valence-corrected chi connectivity index (χ4v) is 17.1. The molecule has 4 aliphatic carbocycles. The van der Waals surface area contributed by atoms with Gasteiger partial charge in [0.15, 0.2) is 0 Å². The van der Waals surface area contributed by atoms with Crippen LogP contribution in [0.1, 0.15) is 147 Å². The van der Waals surface area contributed by atoms with Gasteiger partial charge < -0.3 is 0 Å². The summed E-state index contributed by atoms with van der Waals surface area (Å²) in [5.74, 6) is 0. The summed E-state index contributed by atoms with van der Waals surface area (Å²) < 4.78 is 0. The van der Waals surface area contributed by atoms with Crippen LogP contribution in [0.15, 0.2) is 48.5 Å². The van der Waals surface area contributed by atoms with Crippen LogP contribution >= 0.6 is 15.8 Å². The molecule has 0 nitrogen and oxygen atoms in total. The molecule has 0 bridgehead atoms. The third-order valence-corrected chi connectivity index (χ3v) is 17.9. The summed E-state index contributed by atoms with van der Waals surface area (Å²) in [6.07, 6.45) is 30.6. The van der Waals surface area contributed by atoms with Gasteiger partial charge in [0.2, 0.25) is 0 Å². The number of hydrogen-bond acceptors (Lipinski definition) is 0. The van der Waals surface area contributed by atoms with Gasteiger partial charge in [-0.15, -0.1) is 13.2 Å². The maximum absolute atomic E-state index is 2.73. The predicted octanol–water partition coefficient (Wildman–Crippen LogP) is 11.8. The minimum absolute atomic E-state index is 0. The van der Waals surface area contributed by atoms with Gasteiger partial charge in [0.25, 0.3) is 0 Å². The third-order valence-electron chi connectivity index (χ3n) is 10.5. The van der Waals surface area contributed by atoms with Gasteiger partial charge in [-0.3, -0.25) is 0 Å². The molecule has 218 valence electrons. The summed E-state index contributed by atoms with van der Waals surface area (Å²) in [5, 5.41) is 1.93. The Bertz CT molecular complexity index is 811. The van der Waals surface area contributed by atoms with Crippen LogP contribution in [0, 0.1) is 0 Å². The van der Waals surface area contributed by atoms with Gasteiger partial charge in [-0.2, -0.15) is 29.8 Å². The molecule has 6 rings (SSSR count). The topological polar surface area (TPSA) is 0 Å². The van der Waals surface area contributed by atoms with Crippen molar-refractivity contribution in [2.24, 2.45) is 0 Å². The predicted molar refractivity (Wildman–Crippen MR) is 173 cm³/mol. The fraction of sp³-hybridized carbons (Fsp3) is 0.722. The number of rotatable bonds is 7. The summed E-state index contributed by atoms with van der Waals surface area (Å²) in [4.78, 5) is 0. The molecule has 1 atom stereocenters. The Morgan fingerprint density at radius 3 is 1.41 bits per heavy atom. The first-order valence-corrected chi connectivity index (χ1v) is 19.8. The average Bonchev–Trinajstić information content (AvgIpc) is 3.72. The van der Waals surface area contributed by atoms with Crippen molar-refractivity contribution in [2.75, 3.05) is 0 Å². The van der Waals surface area contributed by atoms with E-state index >= 15 is 0 Å². The molecule has 0 spiro atoms. The smallest absolute Gasteiger partial charge is 0.214 e. The minimum Gasteiger partial charge on any atom is -0.214 e.